The van der Waals surface area contributed by atoms with Crippen molar-refractivity contribution < 1.29 is 9.90 Å². The van der Waals surface area contributed by atoms with E-state index >= 15 is 0 Å². The van der Waals surface area contributed by atoms with E-state index in [-0.39, 0.29) is 12.0 Å². The number of rotatable bonds is 3. The average molecular weight is 339 g/mol. The smallest absolute Gasteiger partial charge is 0.307 e. The van der Waals surface area contributed by atoms with Gasteiger partial charge >= 0.3 is 5.97 Å². The van der Waals surface area contributed by atoms with Crippen molar-refractivity contribution in [2.45, 2.75) is 25.3 Å². The Labute approximate surface area is 127 Å². The monoisotopic (exact) mass is 338 g/mol. The number of aliphatic carboxylic acids is 1. The molecular weight excluding hydrogens is 320 g/mol. The van der Waals surface area contributed by atoms with E-state index in [9.17, 15) is 4.79 Å². The van der Waals surface area contributed by atoms with Crippen LogP contribution in [0.1, 0.15) is 30.9 Å². The first-order chi connectivity index (χ1) is 9.65. The van der Waals surface area contributed by atoms with Crippen molar-refractivity contribution in [3.05, 3.63) is 28.2 Å². The van der Waals surface area contributed by atoms with Gasteiger partial charge in [-0.15, -0.1) is 0 Å². The first-order valence-corrected chi connectivity index (χ1v) is 7.95. The molecule has 2 heterocycles. The van der Waals surface area contributed by atoms with Crippen LogP contribution in [0.2, 0.25) is 0 Å². The fourth-order valence-corrected chi connectivity index (χ4v) is 3.78. The maximum absolute atomic E-state index is 11.0. The SMILES string of the molecule is O=C(O)C1CNC(c2ccc(N3CCCC3)c(Br)c2)C1. The Morgan fingerprint density at radius 3 is 2.70 bits per heavy atom. The molecule has 2 aliphatic heterocycles. The fourth-order valence-electron chi connectivity index (χ4n) is 3.13. The lowest BCUT2D eigenvalue weighted by atomic mass is 10.00. The first kappa shape index (κ1) is 13.9. The van der Waals surface area contributed by atoms with Gasteiger partial charge in [0, 0.05) is 30.1 Å². The molecule has 2 aliphatic rings. The summed E-state index contributed by atoms with van der Waals surface area (Å²) in [6.07, 6.45) is 3.20. The van der Waals surface area contributed by atoms with Gasteiger partial charge in [0.2, 0.25) is 0 Å². The van der Waals surface area contributed by atoms with Crippen LogP contribution < -0.4 is 10.2 Å². The van der Waals surface area contributed by atoms with Crippen LogP contribution in [0.3, 0.4) is 0 Å². The van der Waals surface area contributed by atoms with E-state index in [2.05, 4.69) is 44.3 Å². The highest BCUT2D eigenvalue weighted by atomic mass is 79.9. The predicted octanol–water partition coefficient (Wildman–Crippen LogP) is 2.78. The summed E-state index contributed by atoms with van der Waals surface area (Å²) in [5, 5.41) is 12.4. The molecule has 0 radical (unpaired) electrons. The molecule has 5 heteroatoms. The third-order valence-corrected chi connectivity index (χ3v) is 4.94. The number of nitrogens with one attached hydrogen (secondary N) is 1. The molecule has 20 heavy (non-hydrogen) atoms. The van der Waals surface area contributed by atoms with Gasteiger partial charge in [0.1, 0.15) is 0 Å². The Morgan fingerprint density at radius 2 is 2.10 bits per heavy atom. The highest BCUT2D eigenvalue weighted by Gasteiger charge is 2.30. The minimum absolute atomic E-state index is 0.153. The molecule has 2 N–H and O–H groups in total. The standard InChI is InChI=1S/C15H19BrN2O2/c16-12-7-10(13-8-11(9-17-13)15(19)20)3-4-14(12)18-5-1-2-6-18/h3-4,7,11,13,17H,1-2,5-6,8-9H2,(H,19,20). The van der Waals surface area contributed by atoms with Crippen molar-refractivity contribution in [1.82, 2.24) is 5.32 Å². The predicted molar refractivity (Wildman–Crippen MR) is 82.1 cm³/mol. The molecule has 2 fully saturated rings. The second kappa shape index (κ2) is 5.74. The third kappa shape index (κ3) is 2.69. The molecule has 108 valence electrons. The number of carboxylic acid groups (broad SMARTS) is 1. The molecule has 0 spiro atoms. The van der Waals surface area contributed by atoms with Gasteiger partial charge in [0.25, 0.3) is 0 Å². The summed E-state index contributed by atoms with van der Waals surface area (Å²) >= 11 is 3.66. The Bertz CT molecular complexity index is 515. The number of anilines is 1. The number of nitrogens with zero attached hydrogens (tertiary/aromatic N) is 1. The molecule has 0 aliphatic carbocycles. The largest absolute Gasteiger partial charge is 0.481 e. The van der Waals surface area contributed by atoms with Gasteiger partial charge in [-0.25, -0.2) is 0 Å². The first-order valence-electron chi connectivity index (χ1n) is 7.16. The molecule has 1 aromatic carbocycles. The Balaban J connectivity index is 1.75. The summed E-state index contributed by atoms with van der Waals surface area (Å²) in [6.45, 7) is 2.81. The van der Waals surface area contributed by atoms with Crippen molar-refractivity contribution in [3.8, 4) is 0 Å². The minimum Gasteiger partial charge on any atom is -0.481 e. The molecule has 1 aromatic rings. The van der Waals surface area contributed by atoms with Crippen LogP contribution in [0.15, 0.2) is 22.7 Å². The van der Waals surface area contributed by atoms with Crippen molar-refractivity contribution in [3.63, 3.8) is 0 Å². The van der Waals surface area contributed by atoms with E-state index in [1.165, 1.54) is 24.1 Å². The molecule has 0 amide bonds. The van der Waals surface area contributed by atoms with Gasteiger partial charge in [-0.05, 0) is 52.9 Å². The summed E-state index contributed by atoms with van der Waals surface area (Å²) in [7, 11) is 0. The van der Waals surface area contributed by atoms with E-state index < -0.39 is 5.97 Å². The highest BCUT2D eigenvalue weighted by molar-refractivity contribution is 9.10. The van der Waals surface area contributed by atoms with E-state index in [1.807, 2.05) is 0 Å². The van der Waals surface area contributed by atoms with Crippen LogP contribution in [0.4, 0.5) is 5.69 Å². The zero-order valence-electron chi connectivity index (χ0n) is 11.3. The molecule has 2 atom stereocenters. The van der Waals surface area contributed by atoms with Crippen molar-refractivity contribution in [2.75, 3.05) is 24.5 Å². The van der Waals surface area contributed by atoms with Crippen LogP contribution in [0.25, 0.3) is 0 Å². The van der Waals surface area contributed by atoms with Gasteiger partial charge in [-0.3, -0.25) is 4.79 Å². The summed E-state index contributed by atoms with van der Waals surface area (Å²) in [6, 6.07) is 6.57. The quantitative estimate of drug-likeness (QED) is 0.889. The lowest BCUT2D eigenvalue weighted by Gasteiger charge is -2.21. The average Bonchev–Trinajstić information content (AvgIpc) is 3.10. The molecule has 2 saturated heterocycles. The number of hydrogen-bond donors (Lipinski definition) is 2. The molecular formula is C15H19BrN2O2. The van der Waals surface area contributed by atoms with Crippen molar-refractivity contribution >= 4 is 27.6 Å². The molecule has 0 aromatic heterocycles. The summed E-state index contributed by atoms with van der Waals surface area (Å²) in [5.41, 5.74) is 2.42. The summed E-state index contributed by atoms with van der Waals surface area (Å²) < 4.78 is 1.11. The van der Waals surface area contributed by atoms with Crippen LogP contribution in [0, 0.1) is 5.92 Å². The van der Waals surface area contributed by atoms with Gasteiger partial charge in [0.15, 0.2) is 0 Å². The number of carbonyl (C=O) groups is 1. The second-order valence-corrected chi connectivity index (χ2v) is 6.49. The van der Waals surface area contributed by atoms with Gasteiger partial charge in [-0.1, -0.05) is 6.07 Å². The van der Waals surface area contributed by atoms with Crippen LogP contribution in [-0.2, 0) is 4.79 Å². The Hall–Kier alpha value is -1.07. The lowest BCUT2D eigenvalue weighted by Crippen LogP contribution is -2.19. The maximum atomic E-state index is 11.0. The molecule has 4 nitrogen and oxygen atoms in total. The summed E-state index contributed by atoms with van der Waals surface area (Å²) in [4.78, 5) is 13.4. The second-order valence-electron chi connectivity index (χ2n) is 5.64. The fraction of sp³-hybridized carbons (Fsp3) is 0.533. The molecule has 2 unspecified atom stereocenters. The summed E-state index contributed by atoms with van der Waals surface area (Å²) in [5.74, 6) is -0.968. The molecule has 3 rings (SSSR count). The molecule has 0 saturated carbocycles. The van der Waals surface area contributed by atoms with Crippen molar-refractivity contribution in [2.24, 2.45) is 5.92 Å². The lowest BCUT2D eigenvalue weighted by molar-refractivity contribution is -0.141. The Morgan fingerprint density at radius 1 is 1.35 bits per heavy atom. The number of benzene rings is 1. The van der Waals surface area contributed by atoms with E-state index in [0.717, 1.165) is 17.6 Å². The molecule has 0 bridgehead atoms. The van der Waals surface area contributed by atoms with E-state index in [1.54, 1.807) is 0 Å². The minimum atomic E-state index is -0.701. The Kier molecular flexibility index (Phi) is 3.98. The third-order valence-electron chi connectivity index (χ3n) is 4.30. The maximum Gasteiger partial charge on any atom is 0.307 e. The topological polar surface area (TPSA) is 52.6 Å². The van der Waals surface area contributed by atoms with Gasteiger partial charge in [-0.2, -0.15) is 0 Å². The van der Waals surface area contributed by atoms with Crippen LogP contribution in [-0.4, -0.2) is 30.7 Å². The zero-order valence-corrected chi connectivity index (χ0v) is 12.9. The van der Waals surface area contributed by atoms with E-state index in [0.29, 0.717) is 13.0 Å². The number of halogens is 1. The van der Waals surface area contributed by atoms with Gasteiger partial charge in [0.05, 0.1) is 11.6 Å². The van der Waals surface area contributed by atoms with Crippen LogP contribution >= 0.6 is 15.9 Å². The number of hydrogen-bond acceptors (Lipinski definition) is 3. The number of carboxylic acids is 1. The van der Waals surface area contributed by atoms with Crippen LogP contribution in [0.5, 0.6) is 0 Å². The normalized spacial score (nSPS) is 26.1. The van der Waals surface area contributed by atoms with Gasteiger partial charge < -0.3 is 15.3 Å². The van der Waals surface area contributed by atoms with E-state index in [4.69, 9.17) is 5.11 Å². The highest BCUT2D eigenvalue weighted by Crippen LogP contribution is 2.34. The van der Waals surface area contributed by atoms with Crippen molar-refractivity contribution in [1.29, 1.82) is 0 Å². The zero-order chi connectivity index (χ0) is 14.1.